The number of ketones is 1. The van der Waals surface area contributed by atoms with E-state index in [1.807, 2.05) is 41.1 Å². The van der Waals surface area contributed by atoms with Gasteiger partial charge in [0.05, 0.1) is 31.7 Å². The third-order valence-corrected chi connectivity index (χ3v) is 7.06. The number of methoxy groups -OCH3 is 1. The minimum Gasteiger partial charge on any atom is -0.503 e. The maximum absolute atomic E-state index is 13.9. The van der Waals surface area contributed by atoms with E-state index in [9.17, 15) is 14.7 Å². The van der Waals surface area contributed by atoms with E-state index in [1.165, 1.54) is 7.11 Å². The quantitative estimate of drug-likeness (QED) is 0.166. The first kappa shape index (κ1) is 27.1. The molecule has 1 atom stereocenters. The van der Waals surface area contributed by atoms with Gasteiger partial charge in [0.15, 0.2) is 22.9 Å². The number of carbonyl (C=O) groups is 2. The molecule has 1 aliphatic heterocycles. The molecule has 5 rings (SSSR count). The van der Waals surface area contributed by atoms with E-state index in [0.717, 1.165) is 19.3 Å². The van der Waals surface area contributed by atoms with Crippen LogP contribution in [0.4, 0.5) is 0 Å². The van der Waals surface area contributed by atoms with Gasteiger partial charge in [0.1, 0.15) is 5.75 Å². The van der Waals surface area contributed by atoms with Crippen LogP contribution in [0.5, 0.6) is 11.5 Å². The average Bonchev–Trinajstić information content (AvgIpc) is 3.70. The number of aromatic nitrogens is 2. The summed E-state index contributed by atoms with van der Waals surface area (Å²) >= 11 is 0. The number of para-hydroxylation sites is 1. The van der Waals surface area contributed by atoms with E-state index < -0.39 is 23.5 Å². The van der Waals surface area contributed by atoms with Crippen LogP contribution in [0.1, 0.15) is 54.8 Å². The van der Waals surface area contributed by atoms with Crippen LogP contribution in [0, 0.1) is 0 Å². The molecule has 0 saturated carbocycles. The SMILES string of the molecule is CCCCCOc1cccc(C2C(C(=O)c3cc4cccc(OC)c4o3)=C(O)C(=O)N2CCCn2ccnc2)c1. The number of aliphatic hydroxyl groups is 1. The van der Waals surface area contributed by atoms with E-state index in [-0.39, 0.29) is 11.3 Å². The predicted octanol–water partition coefficient (Wildman–Crippen LogP) is 5.88. The predicted molar refractivity (Wildman–Crippen MR) is 150 cm³/mol. The maximum atomic E-state index is 13.9. The summed E-state index contributed by atoms with van der Waals surface area (Å²) < 4.78 is 19.2. The summed E-state index contributed by atoms with van der Waals surface area (Å²) in [5.41, 5.74) is 1.08. The second-order valence-electron chi connectivity index (χ2n) is 9.76. The van der Waals surface area contributed by atoms with Crippen molar-refractivity contribution in [2.75, 3.05) is 20.3 Å². The Morgan fingerprint density at radius 2 is 1.95 bits per heavy atom. The van der Waals surface area contributed by atoms with Crippen molar-refractivity contribution in [3.8, 4) is 11.5 Å². The second-order valence-corrected chi connectivity index (χ2v) is 9.76. The lowest BCUT2D eigenvalue weighted by Gasteiger charge is -2.27. The molecule has 40 heavy (non-hydrogen) atoms. The first-order valence-corrected chi connectivity index (χ1v) is 13.6. The number of imidazole rings is 1. The number of furan rings is 1. The highest BCUT2D eigenvalue weighted by Crippen LogP contribution is 2.41. The number of unbranched alkanes of at least 4 members (excludes halogenated alkanes) is 2. The lowest BCUT2D eigenvalue weighted by molar-refractivity contribution is -0.129. The zero-order valence-corrected chi connectivity index (χ0v) is 22.7. The van der Waals surface area contributed by atoms with Gasteiger partial charge in [-0.3, -0.25) is 9.59 Å². The zero-order chi connectivity index (χ0) is 28.1. The molecule has 4 aromatic rings. The van der Waals surface area contributed by atoms with Gasteiger partial charge in [-0.15, -0.1) is 0 Å². The van der Waals surface area contributed by atoms with Crippen molar-refractivity contribution in [3.63, 3.8) is 0 Å². The Kier molecular flexibility index (Phi) is 8.19. The molecule has 1 aliphatic rings. The molecule has 1 N–H and O–H groups in total. The third-order valence-electron chi connectivity index (χ3n) is 7.06. The molecule has 1 unspecified atom stereocenters. The highest BCUT2D eigenvalue weighted by Gasteiger charge is 2.44. The number of Topliss-reactive ketones (excluding diaryl/α,β-unsaturated/α-hetero) is 1. The molecule has 2 aromatic carbocycles. The van der Waals surface area contributed by atoms with E-state index in [4.69, 9.17) is 13.9 Å². The fourth-order valence-electron chi connectivity index (χ4n) is 5.06. The molecule has 0 saturated heterocycles. The van der Waals surface area contributed by atoms with Crippen molar-refractivity contribution in [2.24, 2.45) is 0 Å². The highest BCUT2D eigenvalue weighted by atomic mass is 16.5. The van der Waals surface area contributed by atoms with Crippen molar-refractivity contribution >= 4 is 22.7 Å². The molecule has 0 radical (unpaired) electrons. The number of benzene rings is 2. The number of nitrogens with zero attached hydrogens (tertiary/aromatic N) is 3. The van der Waals surface area contributed by atoms with Crippen LogP contribution in [0.15, 0.2) is 83.0 Å². The summed E-state index contributed by atoms with van der Waals surface area (Å²) in [5, 5.41) is 11.8. The molecule has 0 spiro atoms. The molecular weight excluding hydrogens is 510 g/mol. The lowest BCUT2D eigenvalue weighted by Crippen LogP contribution is -2.32. The molecular formula is C31H33N3O6. The van der Waals surface area contributed by atoms with Gasteiger partial charge >= 0.3 is 0 Å². The van der Waals surface area contributed by atoms with Crippen molar-refractivity contribution in [1.82, 2.24) is 14.5 Å². The molecule has 3 heterocycles. The van der Waals surface area contributed by atoms with Crippen LogP contribution in [0.3, 0.4) is 0 Å². The maximum Gasteiger partial charge on any atom is 0.290 e. The van der Waals surface area contributed by atoms with Gasteiger partial charge in [-0.2, -0.15) is 0 Å². The Morgan fingerprint density at radius 3 is 2.73 bits per heavy atom. The number of carbonyl (C=O) groups excluding carboxylic acids is 2. The zero-order valence-electron chi connectivity index (χ0n) is 22.7. The Bertz CT molecular complexity index is 1520. The number of amides is 1. The van der Waals surface area contributed by atoms with Crippen LogP contribution < -0.4 is 9.47 Å². The van der Waals surface area contributed by atoms with Crippen LogP contribution in [0.2, 0.25) is 0 Å². The van der Waals surface area contributed by atoms with E-state index in [1.54, 1.807) is 35.6 Å². The van der Waals surface area contributed by atoms with E-state index in [0.29, 0.717) is 54.1 Å². The number of aliphatic hydroxyl groups excluding tert-OH is 1. The van der Waals surface area contributed by atoms with Crippen molar-refractivity contribution in [2.45, 2.75) is 45.2 Å². The molecule has 0 aliphatic carbocycles. The van der Waals surface area contributed by atoms with Crippen LogP contribution in [0.25, 0.3) is 11.0 Å². The van der Waals surface area contributed by atoms with Crippen LogP contribution in [-0.4, -0.2) is 51.5 Å². The monoisotopic (exact) mass is 543 g/mol. The Balaban J connectivity index is 1.48. The topological polar surface area (TPSA) is 107 Å². The Morgan fingerprint density at radius 1 is 1.10 bits per heavy atom. The number of hydrogen-bond acceptors (Lipinski definition) is 7. The van der Waals surface area contributed by atoms with Crippen LogP contribution >= 0.6 is 0 Å². The van der Waals surface area contributed by atoms with Gasteiger partial charge in [-0.1, -0.05) is 44.0 Å². The van der Waals surface area contributed by atoms with Gasteiger partial charge in [0.2, 0.25) is 5.78 Å². The summed E-state index contributed by atoms with van der Waals surface area (Å²) in [6, 6.07) is 13.5. The van der Waals surface area contributed by atoms with Crippen molar-refractivity contribution in [1.29, 1.82) is 0 Å². The summed E-state index contributed by atoms with van der Waals surface area (Å²) in [4.78, 5) is 32.9. The smallest absolute Gasteiger partial charge is 0.290 e. The normalized spacial score (nSPS) is 15.3. The Labute approximate surface area is 232 Å². The fourth-order valence-corrected chi connectivity index (χ4v) is 5.06. The van der Waals surface area contributed by atoms with Gasteiger partial charge in [-0.25, -0.2) is 4.98 Å². The van der Waals surface area contributed by atoms with Crippen molar-refractivity contribution < 1.29 is 28.6 Å². The largest absolute Gasteiger partial charge is 0.503 e. The average molecular weight is 544 g/mol. The van der Waals surface area contributed by atoms with Gasteiger partial charge < -0.3 is 28.5 Å². The molecule has 2 aromatic heterocycles. The molecule has 9 heteroatoms. The molecule has 0 bridgehead atoms. The standard InChI is InChI=1S/C31H33N3O6/c1-3-4-5-17-39-23-11-6-9-21(18-23)27-26(28(35)25-19-22-10-7-12-24(38-2)30(22)40-25)29(36)31(37)34(27)15-8-14-33-16-13-32-20-33/h6-7,9-13,16,18-20,27,36H,3-5,8,14-15,17H2,1-2H3. The first-order chi connectivity index (χ1) is 19.5. The van der Waals surface area contributed by atoms with Gasteiger partial charge in [-0.05, 0) is 42.7 Å². The minimum absolute atomic E-state index is 0.0195. The van der Waals surface area contributed by atoms with Crippen molar-refractivity contribution in [3.05, 3.63) is 89.9 Å². The molecule has 0 fully saturated rings. The molecule has 9 nitrogen and oxygen atoms in total. The number of ether oxygens (including phenoxy) is 2. The molecule has 208 valence electrons. The number of rotatable bonds is 13. The molecule has 1 amide bonds. The lowest BCUT2D eigenvalue weighted by atomic mass is 9.94. The summed E-state index contributed by atoms with van der Waals surface area (Å²) in [5.74, 6) is -0.568. The van der Waals surface area contributed by atoms with E-state index >= 15 is 0 Å². The number of fused-ring (bicyclic) bond motifs is 1. The van der Waals surface area contributed by atoms with Gasteiger partial charge in [0.25, 0.3) is 5.91 Å². The number of aryl methyl sites for hydroxylation is 1. The Hall–Kier alpha value is -4.53. The van der Waals surface area contributed by atoms with Gasteiger partial charge in [0, 0.05) is 30.9 Å². The summed E-state index contributed by atoms with van der Waals surface area (Å²) in [7, 11) is 1.53. The minimum atomic E-state index is -0.808. The highest BCUT2D eigenvalue weighted by molar-refractivity contribution is 6.16. The van der Waals surface area contributed by atoms with E-state index in [2.05, 4.69) is 11.9 Å². The van der Waals surface area contributed by atoms with Crippen LogP contribution in [-0.2, 0) is 11.3 Å². The number of hydrogen-bond donors (Lipinski definition) is 1. The fraction of sp³-hybridized carbons (Fsp3) is 0.323. The summed E-state index contributed by atoms with van der Waals surface area (Å²) in [6.45, 7) is 3.65. The second kappa shape index (κ2) is 12.1. The third kappa shape index (κ3) is 5.45. The first-order valence-electron chi connectivity index (χ1n) is 13.6. The summed E-state index contributed by atoms with van der Waals surface area (Å²) in [6.07, 6.45) is 8.95.